The summed E-state index contributed by atoms with van der Waals surface area (Å²) in [5.41, 5.74) is 6.59. The quantitative estimate of drug-likeness (QED) is 0.807. The van der Waals surface area contributed by atoms with Crippen LogP contribution in [0.4, 0.5) is 0 Å². The molecule has 2 unspecified atom stereocenters. The van der Waals surface area contributed by atoms with Crippen LogP contribution in [0.5, 0.6) is 0 Å². The maximum absolute atomic E-state index is 5.06. The third-order valence-corrected chi connectivity index (χ3v) is 5.15. The van der Waals surface area contributed by atoms with Crippen molar-refractivity contribution in [2.45, 2.75) is 51.1 Å². The van der Waals surface area contributed by atoms with Crippen molar-refractivity contribution in [3.63, 3.8) is 0 Å². The molecule has 0 aromatic carbocycles. The fourth-order valence-electron chi connectivity index (χ4n) is 3.66. The molecule has 0 radical (unpaired) electrons. The zero-order valence-electron chi connectivity index (χ0n) is 14.8. The SMILES string of the molecule is CC1=CC=C(C2=CC(C3C=CC=CN3)=NC(C3=CCCC=N3)C2)CC1. The van der Waals surface area contributed by atoms with Gasteiger partial charge in [0.1, 0.15) is 0 Å². The average Bonchev–Trinajstić information content (AvgIpc) is 2.69. The average molecular weight is 331 g/mol. The van der Waals surface area contributed by atoms with Crippen molar-refractivity contribution in [2.24, 2.45) is 9.98 Å². The van der Waals surface area contributed by atoms with E-state index in [-0.39, 0.29) is 12.1 Å². The second-order valence-corrected chi connectivity index (χ2v) is 7.05. The summed E-state index contributed by atoms with van der Waals surface area (Å²) >= 11 is 0. The van der Waals surface area contributed by atoms with Crippen LogP contribution in [0.25, 0.3) is 0 Å². The summed E-state index contributed by atoms with van der Waals surface area (Å²) in [4.78, 5) is 9.70. The van der Waals surface area contributed by atoms with Crippen molar-refractivity contribution in [3.05, 3.63) is 71.1 Å². The lowest BCUT2D eigenvalue weighted by Crippen LogP contribution is -2.34. The van der Waals surface area contributed by atoms with Gasteiger partial charge in [-0.25, -0.2) is 0 Å². The Morgan fingerprint density at radius 3 is 2.76 bits per heavy atom. The minimum absolute atomic E-state index is 0.139. The van der Waals surface area contributed by atoms with Gasteiger partial charge in [-0.05, 0) is 62.1 Å². The van der Waals surface area contributed by atoms with E-state index in [2.05, 4.69) is 53.7 Å². The van der Waals surface area contributed by atoms with Crippen LogP contribution in [0, 0.1) is 0 Å². The molecule has 3 aliphatic heterocycles. The number of hydrogen-bond donors (Lipinski definition) is 1. The first-order valence-corrected chi connectivity index (χ1v) is 9.26. The molecule has 0 amide bonds. The normalized spacial score (nSPS) is 28.4. The van der Waals surface area contributed by atoms with Gasteiger partial charge in [0.2, 0.25) is 0 Å². The molecule has 3 heteroatoms. The minimum Gasteiger partial charge on any atom is -0.379 e. The van der Waals surface area contributed by atoms with Crippen LogP contribution in [0.3, 0.4) is 0 Å². The molecule has 0 saturated heterocycles. The molecule has 0 aromatic rings. The predicted molar refractivity (Wildman–Crippen MR) is 106 cm³/mol. The van der Waals surface area contributed by atoms with Gasteiger partial charge in [-0.15, -0.1) is 0 Å². The van der Waals surface area contributed by atoms with Gasteiger partial charge >= 0.3 is 0 Å². The lowest BCUT2D eigenvalue weighted by molar-refractivity contribution is 0.713. The van der Waals surface area contributed by atoms with Crippen molar-refractivity contribution in [1.29, 1.82) is 0 Å². The lowest BCUT2D eigenvalue weighted by Gasteiger charge is -2.28. The van der Waals surface area contributed by atoms with E-state index in [9.17, 15) is 0 Å². The van der Waals surface area contributed by atoms with Gasteiger partial charge in [-0.1, -0.05) is 36.0 Å². The van der Waals surface area contributed by atoms with Crippen LogP contribution in [0.2, 0.25) is 0 Å². The first-order valence-electron chi connectivity index (χ1n) is 9.26. The first-order chi connectivity index (χ1) is 12.3. The van der Waals surface area contributed by atoms with Gasteiger partial charge in [0.05, 0.1) is 23.5 Å². The van der Waals surface area contributed by atoms with Crippen LogP contribution in [-0.2, 0) is 0 Å². The highest BCUT2D eigenvalue weighted by Crippen LogP contribution is 2.32. The highest BCUT2D eigenvalue weighted by Gasteiger charge is 2.25. The molecular formula is C22H25N3. The third kappa shape index (κ3) is 3.65. The molecule has 0 saturated carbocycles. The van der Waals surface area contributed by atoms with E-state index < -0.39 is 0 Å². The first kappa shape index (κ1) is 16.1. The van der Waals surface area contributed by atoms with E-state index in [1.165, 1.54) is 16.7 Å². The maximum atomic E-state index is 5.06. The Balaban J connectivity index is 1.66. The number of nitrogens with zero attached hydrogens (tertiary/aromatic N) is 2. The second kappa shape index (κ2) is 7.22. The Morgan fingerprint density at radius 1 is 1.08 bits per heavy atom. The summed E-state index contributed by atoms with van der Waals surface area (Å²) in [6.45, 7) is 2.21. The smallest absolute Gasteiger partial charge is 0.0960 e. The Kier molecular flexibility index (Phi) is 4.64. The number of hydrogen-bond acceptors (Lipinski definition) is 3. The molecule has 3 nitrogen and oxygen atoms in total. The standard InChI is InChI=1S/C22H25N3/c1-16-8-10-17(11-9-16)18-14-21(19-6-2-4-12-23-19)25-22(15-18)20-7-3-5-13-24-20/h2,4,6-8,10,12-14,19,22-23H,3,5,9,11,15H2,1H3. The Bertz CT molecular complexity index is 784. The maximum Gasteiger partial charge on any atom is 0.0960 e. The van der Waals surface area contributed by atoms with E-state index in [1.54, 1.807) is 0 Å². The molecule has 4 aliphatic rings. The number of nitrogens with one attached hydrogen (secondary N) is 1. The predicted octanol–water partition coefficient (Wildman–Crippen LogP) is 4.58. The van der Waals surface area contributed by atoms with Crippen LogP contribution in [0.1, 0.15) is 39.0 Å². The lowest BCUT2D eigenvalue weighted by atomic mass is 9.86. The van der Waals surface area contributed by atoms with Crippen molar-refractivity contribution < 1.29 is 0 Å². The molecule has 4 rings (SSSR count). The van der Waals surface area contributed by atoms with Crippen molar-refractivity contribution in [2.75, 3.05) is 0 Å². The zero-order chi connectivity index (χ0) is 17.1. The molecule has 0 fully saturated rings. The molecule has 0 spiro atoms. The molecule has 128 valence electrons. The highest BCUT2D eigenvalue weighted by atomic mass is 15.0. The van der Waals surface area contributed by atoms with Crippen LogP contribution < -0.4 is 5.32 Å². The van der Waals surface area contributed by atoms with Crippen LogP contribution in [0.15, 0.2) is 81.1 Å². The van der Waals surface area contributed by atoms with Gasteiger partial charge in [-0.2, -0.15) is 0 Å². The van der Waals surface area contributed by atoms with E-state index in [1.807, 2.05) is 18.5 Å². The highest BCUT2D eigenvalue weighted by molar-refractivity contribution is 6.02. The molecule has 25 heavy (non-hydrogen) atoms. The summed E-state index contributed by atoms with van der Waals surface area (Å²) in [6.07, 6.45) is 24.8. The Labute approximate surface area is 150 Å². The van der Waals surface area contributed by atoms with Crippen molar-refractivity contribution >= 4 is 11.9 Å². The number of aliphatic imine (C=N–C) groups is 2. The molecule has 3 heterocycles. The summed E-state index contributed by atoms with van der Waals surface area (Å²) in [6, 6.07) is 0.290. The molecule has 1 N–H and O–H groups in total. The fraction of sp³-hybridized carbons (Fsp3) is 0.364. The summed E-state index contributed by atoms with van der Waals surface area (Å²) in [5.74, 6) is 0. The second-order valence-electron chi connectivity index (χ2n) is 7.05. The van der Waals surface area contributed by atoms with E-state index in [0.29, 0.717) is 0 Å². The van der Waals surface area contributed by atoms with Gasteiger partial charge in [-0.3, -0.25) is 9.98 Å². The molecule has 0 bridgehead atoms. The Hall–Kier alpha value is -2.42. The summed E-state index contributed by atoms with van der Waals surface area (Å²) < 4.78 is 0. The minimum atomic E-state index is 0.139. The fourth-order valence-corrected chi connectivity index (χ4v) is 3.66. The molecule has 0 aromatic heterocycles. The summed E-state index contributed by atoms with van der Waals surface area (Å²) in [7, 11) is 0. The summed E-state index contributed by atoms with van der Waals surface area (Å²) in [5, 5.41) is 3.41. The zero-order valence-corrected chi connectivity index (χ0v) is 14.8. The monoisotopic (exact) mass is 331 g/mol. The number of dihydropyridines is 2. The van der Waals surface area contributed by atoms with E-state index in [4.69, 9.17) is 4.99 Å². The third-order valence-electron chi connectivity index (χ3n) is 5.15. The number of rotatable bonds is 3. The largest absolute Gasteiger partial charge is 0.379 e. The van der Waals surface area contributed by atoms with E-state index in [0.717, 1.165) is 43.5 Å². The van der Waals surface area contributed by atoms with Gasteiger partial charge < -0.3 is 5.32 Å². The molecule has 1 aliphatic carbocycles. The van der Waals surface area contributed by atoms with Crippen LogP contribution in [-0.4, -0.2) is 24.0 Å². The molecular weight excluding hydrogens is 306 g/mol. The molecule has 2 atom stereocenters. The van der Waals surface area contributed by atoms with Gasteiger partial charge in [0.15, 0.2) is 0 Å². The Morgan fingerprint density at radius 2 is 2.04 bits per heavy atom. The van der Waals surface area contributed by atoms with Crippen molar-refractivity contribution in [3.8, 4) is 0 Å². The van der Waals surface area contributed by atoms with Crippen molar-refractivity contribution in [1.82, 2.24) is 5.32 Å². The van der Waals surface area contributed by atoms with E-state index >= 15 is 0 Å². The van der Waals surface area contributed by atoms with Gasteiger partial charge in [0, 0.05) is 12.6 Å². The van der Waals surface area contributed by atoms with Crippen LogP contribution >= 0.6 is 0 Å². The number of allylic oxidation sites excluding steroid dienone is 7. The topological polar surface area (TPSA) is 36.8 Å². The van der Waals surface area contributed by atoms with Gasteiger partial charge in [0.25, 0.3) is 0 Å².